The minimum atomic E-state index is -2.45. The molecule has 3 aromatic rings. The van der Waals surface area contributed by atoms with E-state index < -0.39 is 47.1 Å². The van der Waals surface area contributed by atoms with Crippen molar-refractivity contribution in [2.75, 3.05) is 19.0 Å². The predicted octanol–water partition coefficient (Wildman–Crippen LogP) is 3.50. The highest BCUT2D eigenvalue weighted by atomic mass is 19.2. The molecule has 0 heterocycles. The molecule has 4 nitrogen and oxygen atoms in total. The molecule has 0 radical (unpaired) electrons. The van der Waals surface area contributed by atoms with Gasteiger partial charge in [-0.25, -0.2) is 13.2 Å². The summed E-state index contributed by atoms with van der Waals surface area (Å²) in [5.41, 5.74) is 1.25. The summed E-state index contributed by atoms with van der Waals surface area (Å²) in [6, 6.07) is 13.3. The molecule has 0 fully saturated rings. The predicted molar refractivity (Wildman–Crippen MR) is 95.4 cm³/mol. The zero-order valence-electron chi connectivity index (χ0n) is 14.5. The number of fused-ring (bicyclic) bond motifs is 1. The van der Waals surface area contributed by atoms with Crippen LogP contribution in [0.5, 0.6) is 5.75 Å². The van der Waals surface area contributed by atoms with Crippen LogP contribution in [-0.2, 0) is 0 Å². The van der Waals surface area contributed by atoms with Crippen molar-refractivity contribution in [3.05, 3.63) is 71.8 Å². The molecule has 0 bridgehead atoms. The van der Waals surface area contributed by atoms with Crippen LogP contribution >= 0.6 is 0 Å². The van der Waals surface area contributed by atoms with Crippen molar-refractivity contribution in [2.45, 2.75) is 0 Å². The molecule has 9 heteroatoms. The molecule has 0 aromatic heterocycles. The number of halogens is 4. The quantitative estimate of drug-likeness (QED) is 0.414. The molecule has 0 saturated carbocycles. The Hall–Kier alpha value is -2.78. The van der Waals surface area contributed by atoms with Gasteiger partial charge in [-0.05, 0) is 18.2 Å². The van der Waals surface area contributed by atoms with Crippen LogP contribution in [0.15, 0.2) is 48.5 Å². The maximum Gasteiger partial charge on any atom is 0.707 e. The van der Waals surface area contributed by atoms with Crippen LogP contribution < -0.4 is 9.55 Å². The summed E-state index contributed by atoms with van der Waals surface area (Å²) in [6.07, 6.45) is 0. The van der Waals surface area contributed by atoms with E-state index in [0.717, 1.165) is 18.2 Å². The van der Waals surface area contributed by atoms with Gasteiger partial charge < -0.3 is 19.6 Å². The third-order valence-electron chi connectivity index (χ3n) is 3.56. The van der Waals surface area contributed by atoms with E-state index in [9.17, 15) is 17.6 Å². The molecular formula is C18H16BF4NO3. The highest BCUT2D eigenvalue weighted by Gasteiger charge is 2.26. The highest BCUT2D eigenvalue weighted by Crippen LogP contribution is 2.34. The van der Waals surface area contributed by atoms with Gasteiger partial charge >= 0.3 is 7.32 Å². The molecule has 0 unspecified atom stereocenters. The maximum atomic E-state index is 13.4. The molecule has 2 N–H and O–H groups in total. The van der Waals surface area contributed by atoms with Gasteiger partial charge in [0.05, 0.1) is 5.39 Å². The number of para-hydroxylation sites is 1. The third-order valence-corrected chi connectivity index (χ3v) is 3.56. The lowest BCUT2D eigenvalue weighted by Gasteiger charge is -2.11. The van der Waals surface area contributed by atoms with E-state index in [1.807, 2.05) is 32.3 Å². The van der Waals surface area contributed by atoms with E-state index in [2.05, 4.69) is 21.7 Å². The minimum absolute atomic E-state index is 0.445. The summed E-state index contributed by atoms with van der Waals surface area (Å²) >= 11 is 0. The van der Waals surface area contributed by atoms with Crippen LogP contribution in [0.2, 0.25) is 0 Å². The number of anilines is 1. The Balaban J connectivity index is 0.000000244. The largest absolute Gasteiger partial charge is 0.707 e. The van der Waals surface area contributed by atoms with Crippen LogP contribution in [0.1, 0.15) is 0 Å². The van der Waals surface area contributed by atoms with Gasteiger partial charge in [-0.3, -0.25) is 0 Å². The van der Waals surface area contributed by atoms with Crippen molar-refractivity contribution >= 4 is 23.8 Å². The first-order valence-corrected chi connectivity index (χ1v) is 7.73. The van der Waals surface area contributed by atoms with Gasteiger partial charge in [-0.2, -0.15) is 4.39 Å². The van der Waals surface area contributed by atoms with E-state index in [4.69, 9.17) is 10.0 Å². The molecule has 0 spiro atoms. The van der Waals surface area contributed by atoms with Gasteiger partial charge in [0.2, 0.25) is 5.82 Å². The SMILES string of the molecule is CN(C)c1ccccc1.OB(O)Oc1c(F)c(F)c(F)c2c(F)cccc12. The van der Waals surface area contributed by atoms with Crippen LogP contribution in [0, 0.1) is 23.3 Å². The van der Waals surface area contributed by atoms with Gasteiger partial charge in [0.25, 0.3) is 0 Å². The van der Waals surface area contributed by atoms with E-state index >= 15 is 0 Å². The highest BCUT2D eigenvalue weighted by molar-refractivity contribution is 6.34. The molecule has 27 heavy (non-hydrogen) atoms. The summed E-state index contributed by atoms with van der Waals surface area (Å²) in [5, 5.41) is 15.9. The van der Waals surface area contributed by atoms with Crippen molar-refractivity contribution in [1.29, 1.82) is 0 Å². The summed E-state index contributed by atoms with van der Waals surface area (Å²) < 4.78 is 57.6. The van der Waals surface area contributed by atoms with Gasteiger partial charge in [0.15, 0.2) is 17.4 Å². The van der Waals surface area contributed by atoms with E-state index in [0.29, 0.717) is 0 Å². The van der Waals surface area contributed by atoms with Crippen LogP contribution in [-0.4, -0.2) is 31.5 Å². The normalized spacial score (nSPS) is 10.2. The molecule has 3 aromatic carbocycles. The van der Waals surface area contributed by atoms with Gasteiger partial charge in [-0.15, -0.1) is 0 Å². The van der Waals surface area contributed by atoms with Crippen molar-refractivity contribution in [3.63, 3.8) is 0 Å². The summed E-state index contributed by atoms with van der Waals surface area (Å²) in [6.45, 7) is 0. The molecule has 0 amide bonds. The number of nitrogens with zero attached hydrogens (tertiary/aromatic N) is 1. The van der Waals surface area contributed by atoms with Crippen LogP contribution in [0.4, 0.5) is 23.2 Å². The summed E-state index contributed by atoms with van der Waals surface area (Å²) in [7, 11) is 1.63. The Morgan fingerprint density at radius 2 is 1.44 bits per heavy atom. The lowest BCUT2D eigenvalue weighted by molar-refractivity contribution is 0.280. The second-order valence-corrected chi connectivity index (χ2v) is 5.61. The van der Waals surface area contributed by atoms with Gasteiger partial charge in [-0.1, -0.05) is 30.3 Å². The Morgan fingerprint density at radius 3 is 1.96 bits per heavy atom. The number of rotatable bonds is 3. The maximum absolute atomic E-state index is 13.4. The minimum Gasteiger partial charge on any atom is -0.509 e. The fraction of sp³-hybridized carbons (Fsp3) is 0.111. The first kappa shape index (κ1) is 20.5. The average Bonchev–Trinajstić information content (AvgIpc) is 2.64. The Morgan fingerprint density at radius 1 is 0.815 bits per heavy atom. The molecular weight excluding hydrogens is 365 g/mol. The lowest BCUT2D eigenvalue weighted by atomic mass is 10.1. The number of hydrogen-bond acceptors (Lipinski definition) is 4. The monoisotopic (exact) mass is 381 g/mol. The Kier molecular flexibility index (Phi) is 6.65. The molecule has 0 aliphatic rings. The van der Waals surface area contributed by atoms with Crippen molar-refractivity contribution < 1.29 is 32.3 Å². The second kappa shape index (κ2) is 8.74. The van der Waals surface area contributed by atoms with E-state index in [1.54, 1.807) is 0 Å². The fourth-order valence-electron chi connectivity index (χ4n) is 2.31. The Bertz CT molecular complexity index is 924. The zero-order valence-corrected chi connectivity index (χ0v) is 14.5. The first-order chi connectivity index (χ1) is 12.7. The van der Waals surface area contributed by atoms with E-state index in [-0.39, 0.29) is 0 Å². The third kappa shape index (κ3) is 4.69. The van der Waals surface area contributed by atoms with Crippen LogP contribution in [0.3, 0.4) is 0 Å². The van der Waals surface area contributed by atoms with Gasteiger partial charge in [0.1, 0.15) is 5.82 Å². The van der Waals surface area contributed by atoms with Crippen molar-refractivity contribution in [3.8, 4) is 5.75 Å². The molecule has 0 atom stereocenters. The zero-order chi connectivity index (χ0) is 20.1. The second-order valence-electron chi connectivity index (χ2n) is 5.61. The first-order valence-electron chi connectivity index (χ1n) is 7.73. The molecule has 0 aliphatic heterocycles. The smallest absolute Gasteiger partial charge is 0.509 e. The van der Waals surface area contributed by atoms with E-state index in [1.165, 1.54) is 5.69 Å². The average molecular weight is 381 g/mol. The fourth-order valence-corrected chi connectivity index (χ4v) is 2.31. The van der Waals surface area contributed by atoms with Crippen LogP contribution in [0.25, 0.3) is 10.8 Å². The Labute approximate surface area is 153 Å². The number of benzene rings is 3. The molecule has 142 valence electrons. The van der Waals surface area contributed by atoms with Gasteiger partial charge in [0, 0.05) is 25.2 Å². The topological polar surface area (TPSA) is 52.9 Å². The lowest BCUT2D eigenvalue weighted by Crippen LogP contribution is -2.22. The van der Waals surface area contributed by atoms with Crippen molar-refractivity contribution in [1.82, 2.24) is 0 Å². The molecule has 0 saturated heterocycles. The molecule has 3 rings (SSSR count). The summed E-state index contributed by atoms with van der Waals surface area (Å²) in [4.78, 5) is 2.08. The standard InChI is InChI=1S/C10H5BF4O3.C8H11N/c12-5-3-1-2-4-6(5)7(13)8(14)9(15)10(4)18-11(16)17;1-9(2)8-6-4-3-5-7-8/h1-3,16-17H;3-7H,1-2H3. The summed E-state index contributed by atoms with van der Waals surface area (Å²) in [5.74, 6) is -7.53. The number of hydrogen-bond donors (Lipinski definition) is 2. The van der Waals surface area contributed by atoms with Crippen molar-refractivity contribution in [2.24, 2.45) is 0 Å². The molecule has 0 aliphatic carbocycles.